The lowest BCUT2D eigenvalue weighted by Gasteiger charge is -1.99. The SMILES string of the molecule is Cc1nc(C(=N)N)ccc1Br.Cl. The van der Waals surface area contributed by atoms with Crippen molar-refractivity contribution < 1.29 is 0 Å². The van der Waals surface area contributed by atoms with E-state index in [1.807, 2.05) is 13.0 Å². The molecular weight excluding hydrogens is 241 g/mol. The standard InChI is InChI=1S/C7H8BrN3.ClH/c1-4-5(8)2-3-6(11-4)7(9)10;/h2-3H,1H3,(H3,9,10);1H. The minimum absolute atomic E-state index is 0. The number of hydrogen-bond acceptors (Lipinski definition) is 2. The number of nitrogen functional groups attached to an aromatic ring is 1. The molecule has 66 valence electrons. The van der Waals surface area contributed by atoms with Crippen LogP contribution >= 0.6 is 28.3 Å². The average Bonchev–Trinajstić information content (AvgIpc) is 1.94. The maximum Gasteiger partial charge on any atom is 0.141 e. The molecule has 0 unspecified atom stereocenters. The molecule has 3 nitrogen and oxygen atoms in total. The van der Waals surface area contributed by atoms with E-state index in [1.54, 1.807) is 6.07 Å². The van der Waals surface area contributed by atoms with Gasteiger partial charge in [0, 0.05) is 4.47 Å². The number of rotatable bonds is 1. The molecule has 12 heavy (non-hydrogen) atoms. The van der Waals surface area contributed by atoms with Crippen LogP contribution in [-0.2, 0) is 0 Å². The Morgan fingerprint density at radius 2 is 2.17 bits per heavy atom. The van der Waals surface area contributed by atoms with Crippen LogP contribution in [0.15, 0.2) is 16.6 Å². The Kier molecular flexibility index (Phi) is 4.20. The highest BCUT2D eigenvalue weighted by Crippen LogP contribution is 2.13. The van der Waals surface area contributed by atoms with Gasteiger partial charge in [0.1, 0.15) is 11.5 Å². The molecule has 0 aliphatic rings. The van der Waals surface area contributed by atoms with Crippen molar-refractivity contribution in [2.24, 2.45) is 5.73 Å². The molecule has 0 aliphatic heterocycles. The summed E-state index contributed by atoms with van der Waals surface area (Å²) >= 11 is 3.30. The van der Waals surface area contributed by atoms with Crippen molar-refractivity contribution in [3.63, 3.8) is 0 Å². The number of halogens is 2. The highest BCUT2D eigenvalue weighted by Gasteiger charge is 2.00. The number of nitrogens with two attached hydrogens (primary N) is 1. The zero-order valence-corrected chi connectivity index (χ0v) is 8.87. The van der Waals surface area contributed by atoms with E-state index >= 15 is 0 Å². The lowest BCUT2D eigenvalue weighted by atomic mass is 10.3. The summed E-state index contributed by atoms with van der Waals surface area (Å²) in [6.45, 7) is 1.86. The van der Waals surface area contributed by atoms with Gasteiger partial charge in [-0.15, -0.1) is 12.4 Å². The third-order valence-corrected chi connectivity index (χ3v) is 2.14. The van der Waals surface area contributed by atoms with Crippen LogP contribution in [0, 0.1) is 12.3 Å². The van der Waals surface area contributed by atoms with Gasteiger partial charge in [0.2, 0.25) is 0 Å². The number of pyridine rings is 1. The smallest absolute Gasteiger partial charge is 0.141 e. The third kappa shape index (κ3) is 2.46. The van der Waals surface area contributed by atoms with Gasteiger partial charge in [-0.25, -0.2) is 4.98 Å². The first-order chi connectivity index (χ1) is 5.11. The van der Waals surface area contributed by atoms with Gasteiger partial charge in [-0.2, -0.15) is 0 Å². The van der Waals surface area contributed by atoms with Crippen molar-refractivity contribution in [2.45, 2.75) is 6.92 Å². The van der Waals surface area contributed by atoms with Gasteiger partial charge in [0.15, 0.2) is 0 Å². The highest BCUT2D eigenvalue weighted by atomic mass is 79.9. The molecular formula is C7H9BrClN3. The first-order valence-corrected chi connectivity index (χ1v) is 3.88. The Morgan fingerprint density at radius 3 is 2.58 bits per heavy atom. The summed E-state index contributed by atoms with van der Waals surface area (Å²) in [5.41, 5.74) is 6.60. The molecule has 0 amide bonds. The molecule has 1 aromatic rings. The summed E-state index contributed by atoms with van der Waals surface area (Å²) in [6.07, 6.45) is 0. The molecule has 0 aliphatic carbocycles. The fraction of sp³-hybridized carbons (Fsp3) is 0.143. The summed E-state index contributed by atoms with van der Waals surface area (Å²) in [7, 11) is 0. The van der Waals surface area contributed by atoms with Crippen LogP contribution in [0.5, 0.6) is 0 Å². The largest absolute Gasteiger partial charge is 0.382 e. The van der Waals surface area contributed by atoms with Crippen LogP contribution in [0.4, 0.5) is 0 Å². The summed E-state index contributed by atoms with van der Waals surface area (Å²) in [6, 6.07) is 3.54. The molecule has 0 aromatic carbocycles. The van der Waals surface area contributed by atoms with Crippen LogP contribution < -0.4 is 5.73 Å². The van der Waals surface area contributed by atoms with Crippen LogP contribution in [0.1, 0.15) is 11.4 Å². The molecule has 1 heterocycles. The second kappa shape index (κ2) is 4.42. The fourth-order valence-corrected chi connectivity index (χ4v) is 0.915. The molecule has 1 rings (SSSR count). The summed E-state index contributed by atoms with van der Waals surface area (Å²) in [5, 5.41) is 7.10. The molecule has 3 N–H and O–H groups in total. The summed E-state index contributed by atoms with van der Waals surface area (Å²) in [4.78, 5) is 4.08. The van der Waals surface area contributed by atoms with E-state index in [9.17, 15) is 0 Å². The molecule has 0 spiro atoms. The second-order valence-electron chi connectivity index (χ2n) is 2.18. The van der Waals surface area contributed by atoms with Gasteiger partial charge in [-0.3, -0.25) is 5.41 Å². The van der Waals surface area contributed by atoms with Gasteiger partial charge in [0.25, 0.3) is 0 Å². The molecule has 0 atom stereocenters. The Morgan fingerprint density at radius 1 is 1.58 bits per heavy atom. The van der Waals surface area contributed by atoms with Crippen molar-refractivity contribution in [1.29, 1.82) is 5.41 Å². The summed E-state index contributed by atoms with van der Waals surface area (Å²) in [5.74, 6) is 0.000556. The van der Waals surface area contributed by atoms with E-state index in [1.165, 1.54) is 0 Å². The Hall–Kier alpha value is -0.610. The lowest BCUT2D eigenvalue weighted by molar-refractivity contribution is 1.15. The Labute approximate surface area is 85.4 Å². The van der Waals surface area contributed by atoms with E-state index < -0.39 is 0 Å². The van der Waals surface area contributed by atoms with Gasteiger partial charge in [-0.05, 0) is 35.0 Å². The maximum atomic E-state index is 7.10. The molecule has 0 saturated carbocycles. The highest BCUT2D eigenvalue weighted by molar-refractivity contribution is 9.10. The van der Waals surface area contributed by atoms with Crippen molar-refractivity contribution in [2.75, 3.05) is 0 Å². The van der Waals surface area contributed by atoms with Crippen LogP contribution in [-0.4, -0.2) is 10.8 Å². The van der Waals surface area contributed by atoms with Crippen LogP contribution in [0.2, 0.25) is 0 Å². The predicted molar refractivity (Wildman–Crippen MR) is 54.9 cm³/mol. The van der Waals surface area contributed by atoms with E-state index in [2.05, 4.69) is 20.9 Å². The molecule has 0 radical (unpaired) electrons. The maximum absolute atomic E-state index is 7.10. The van der Waals surface area contributed by atoms with Gasteiger partial charge in [-0.1, -0.05) is 0 Å². The number of amidine groups is 1. The third-order valence-electron chi connectivity index (χ3n) is 1.30. The van der Waals surface area contributed by atoms with Crippen LogP contribution in [0.3, 0.4) is 0 Å². The van der Waals surface area contributed by atoms with E-state index in [-0.39, 0.29) is 18.2 Å². The van der Waals surface area contributed by atoms with Gasteiger partial charge >= 0.3 is 0 Å². The Bertz CT molecular complexity index is 301. The van der Waals surface area contributed by atoms with E-state index in [0.29, 0.717) is 5.69 Å². The number of hydrogen-bond donors (Lipinski definition) is 2. The zero-order valence-electron chi connectivity index (χ0n) is 6.47. The molecule has 0 fully saturated rings. The molecule has 1 aromatic heterocycles. The minimum atomic E-state index is 0. The number of nitrogens with zero attached hydrogens (tertiary/aromatic N) is 1. The molecule has 0 saturated heterocycles. The van der Waals surface area contributed by atoms with Crippen molar-refractivity contribution in [3.8, 4) is 0 Å². The Balaban J connectivity index is 0.00000121. The average molecular weight is 251 g/mol. The monoisotopic (exact) mass is 249 g/mol. The topological polar surface area (TPSA) is 62.8 Å². The van der Waals surface area contributed by atoms with Crippen LogP contribution in [0.25, 0.3) is 0 Å². The first-order valence-electron chi connectivity index (χ1n) is 3.09. The lowest BCUT2D eigenvalue weighted by Crippen LogP contribution is -2.13. The number of nitrogens with one attached hydrogen (secondary N) is 1. The number of aromatic nitrogens is 1. The fourth-order valence-electron chi connectivity index (χ4n) is 0.694. The molecule has 5 heteroatoms. The normalized spacial score (nSPS) is 8.83. The van der Waals surface area contributed by atoms with E-state index in [4.69, 9.17) is 11.1 Å². The number of aryl methyl sites for hydroxylation is 1. The zero-order chi connectivity index (χ0) is 8.43. The van der Waals surface area contributed by atoms with Crippen molar-refractivity contribution >= 4 is 34.2 Å². The van der Waals surface area contributed by atoms with E-state index in [0.717, 1.165) is 10.2 Å². The summed E-state index contributed by atoms with van der Waals surface area (Å²) < 4.78 is 0.933. The second-order valence-corrected chi connectivity index (χ2v) is 3.03. The minimum Gasteiger partial charge on any atom is -0.382 e. The quantitative estimate of drug-likeness (QED) is 0.590. The van der Waals surface area contributed by atoms with Crippen molar-refractivity contribution in [3.05, 3.63) is 28.0 Å². The van der Waals surface area contributed by atoms with Gasteiger partial charge < -0.3 is 5.73 Å². The first kappa shape index (κ1) is 11.4. The van der Waals surface area contributed by atoms with Crippen molar-refractivity contribution in [1.82, 2.24) is 4.98 Å². The van der Waals surface area contributed by atoms with Gasteiger partial charge in [0.05, 0.1) is 5.69 Å². The molecule has 0 bridgehead atoms. The predicted octanol–water partition coefficient (Wildman–Crippen LogP) is 1.86.